The van der Waals surface area contributed by atoms with Crippen LogP contribution in [0.2, 0.25) is 0 Å². The molecule has 1 aliphatic heterocycles. The van der Waals surface area contributed by atoms with Crippen molar-refractivity contribution >= 4 is 5.97 Å². The first kappa shape index (κ1) is 16.6. The van der Waals surface area contributed by atoms with Crippen molar-refractivity contribution in [1.29, 1.82) is 0 Å². The van der Waals surface area contributed by atoms with Crippen LogP contribution in [0.3, 0.4) is 0 Å². The molecular weight excluding hydrogens is 308 g/mol. The van der Waals surface area contributed by atoms with E-state index in [0.29, 0.717) is 24.2 Å². The van der Waals surface area contributed by atoms with Gasteiger partial charge in [0.1, 0.15) is 13.4 Å². The Labute approximate surface area is 140 Å². The highest BCUT2D eigenvalue weighted by Crippen LogP contribution is 2.31. The van der Waals surface area contributed by atoms with Crippen LogP contribution in [-0.4, -0.2) is 37.2 Å². The van der Waals surface area contributed by atoms with Crippen LogP contribution in [-0.2, 0) is 24.6 Å². The number of aliphatic hydroxyl groups is 1. The zero-order valence-corrected chi connectivity index (χ0v) is 13.3. The molecular formula is C19H20O5. The Morgan fingerprint density at radius 2 is 1.67 bits per heavy atom. The normalized spacial score (nSPS) is 18.1. The molecule has 1 heterocycles. The molecule has 5 nitrogen and oxygen atoms in total. The van der Waals surface area contributed by atoms with E-state index in [1.165, 1.54) is 0 Å². The van der Waals surface area contributed by atoms with E-state index in [4.69, 9.17) is 14.2 Å². The number of hydrogen-bond acceptors (Lipinski definition) is 5. The predicted molar refractivity (Wildman–Crippen MR) is 87.2 cm³/mol. The standard InChI is InChI=1S/C19H20O5/c20-18(23-13-17-11-12-22-14-24-17)19(21,15-7-3-1-4-8-15)16-9-5-2-6-10-16/h1-10,17,21H,11-14H2. The molecule has 3 rings (SSSR count). The fourth-order valence-electron chi connectivity index (χ4n) is 2.67. The largest absolute Gasteiger partial charge is 0.460 e. The summed E-state index contributed by atoms with van der Waals surface area (Å²) >= 11 is 0. The van der Waals surface area contributed by atoms with Gasteiger partial charge < -0.3 is 19.3 Å². The van der Waals surface area contributed by atoms with E-state index in [9.17, 15) is 9.90 Å². The van der Waals surface area contributed by atoms with Crippen molar-refractivity contribution in [2.75, 3.05) is 20.0 Å². The lowest BCUT2D eigenvalue weighted by Crippen LogP contribution is -2.40. The number of carbonyl (C=O) groups excluding carboxylic acids is 1. The fourth-order valence-corrected chi connectivity index (χ4v) is 2.67. The molecule has 0 saturated carbocycles. The van der Waals surface area contributed by atoms with Gasteiger partial charge >= 0.3 is 5.97 Å². The molecule has 0 aliphatic carbocycles. The van der Waals surface area contributed by atoms with Crippen LogP contribution in [0.4, 0.5) is 0 Å². The molecule has 24 heavy (non-hydrogen) atoms. The van der Waals surface area contributed by atoms with Gasteiger partial charge in [0.05, 0.1) is 12.7 Å². The second-order valence-corrected chi connectivity index (χ2v) is 5.64. The van der Waals surface area contributed by atoms with Gasteiger partial charge in [-0.15, -0.1) is 0 Å². The smallest absolute Gasteiger partial charge is 0.347 e. The Kier molecular flexibility index (Phi) is 5.25. The van der Waals surface area contributed by atoms with E-state index in [1.807, 2.05) is 12.1 Å². The van der Waals surface area contributed by atoms with Crippen molar-refractivity contribution in [3.8, 4) is 0 Å². The average molecular weight is 328 g/mol. The van der Waals surface area contributed by atoms with Gasteiger partial charge in [-0.1, -0.05) is 60.7 Å². The molecule has 1 saturated heterocycles. The Bertz CT molecular complexity index is 610. The van der Waals surface area contributed by atoms with Crippen molar-refractivity contribution in [3.63, 3.8) is 0 Å². The second kappa shape index (κ2) is 7.57. The Balaban J connectivity index is 1.83. The molecule has 1 unspecified atom stereocenters. The van der Waals surface area contributed by atoms with E-state index in [2.05, 4.69) is 0 Å². The molecule has 0 radical (unpaired) electrons. The maximum atomic E-state index is 12.7. The topological polar surface area (TPSA) is 65.0 Å². The maximum absolute atomic E-state index is 12.7. The minimum atomic E-state index is -1.85. The van der Waals surface area contributed by atoms with Crippen molar-refractivity contribution in [2.24, 2.45) is 0 Å². The average Bonchev–Trinajstić information content (AvgIpc) is 2.67. The number of carbonyl (C=O) groups is 1. The van der Waals surface area contributed by atoms with E-state index >= 15 is 0 Å². The third kappa shape index (κ3) is 3.48. The molecule has 1 fully saturated rings. The first-order chi connectivity index (χ1) is 11.7. The molecule has 0 amide bonds. The van der Waals surface area contributed by atoms with Gasteiger partial charge in [0, 0.05) is 6.42 Å². The van der Waals surface area contributed by atoms with Crippen LogP contribution in [0.1, 0.15) is 17.5 Å². The van der Waals surface area contributed by atoms with Crippen molar-refractivity contribution in [2.45, 2.75) is 18.1 Å². The monoisotopic (exact) mass is 328 g/mol. The van der Waals surface area contributed by atoms with Crippen LogP contribution >= 0.6 is 0 Å². The highest BCUT2D eigenvalue weighted by atomic mass is 16.7. The predicted octanol–water partition coefficient (Wildman–Crippen LogP) is 2.23. The van der Waals surface area contributed by atoms with Gasteiger partial charge in [-0.2, -0.15) is 0 Å². The summed E-state index contributed by atoms with van der Waals surface area (Å²) in [5.74, 6) is -0.713. The Hall–Kier alpha value is -2.21. The summed E-state index contributed by atoms with van der Waals surface area (Å²) in [4.78, 5) is 12.7. The summed E-state index contributed by atoms with van der Waals surface area (Å²) in [5.41, 5.74) is -0.920. The lowest BCUT2D eigenvalue weighted by Gasteiger charge is -2.29. The lowest BCUT2D eigenvalue weighted by molar-refractivity contribution is -0.180. The first-order valence-electron chi connectivity index (χ1n) is 7.91. The highest BCUT2D eigenvalue weighted by Gasteiger charge is 2.41. The molecule has 5 heteroatoms. The van der Waals surface area contributed by atoms with Gasteiger partial charge in [-0.05, 0) is 11.1 Å². The number of ether oxygens (including phenoxy) is 3. The molecule has 1 N–H and O–H groups in total. The van der Waals surface area contributed by atoms with Gasteiger partial charge in [0.25, 0.3) is 0 Å². The minimum absolute atomic E-state index is 0.0875. The van der Waals surface area contributed by atoms with Crippen LogP contribution in [0.5, 0.6) is 0 Å². The molecule has 126 valence electrons. The third-order valence-corrected chi connectivity index (χ3v) is 4.05. The summed E-state index contributed by atoms with van der Waals surface area (Å²) in [5, 5.41) is 11.2. The van der Waals surface area contributed by atoms with Gasteiger partial charge in [0.2, 0.25) is 5.60 Å². The summed E-state index contributed by atoms with van der Waals surface area (Å²) < 4.78 is 15.9. The Morgan fingerprint density at radius 1 is 1.08 bits per heavy atom. The fraction of sp³-hybridized carbons (Fsp3) is 0.316. The van der Waals surface area contributed by atoms with Gasteiger partial charge in [-0.3, -0.25) is 0 Å². The third-order valence-electron chi connectivity index (χ3n) is 4.05. The summed E-state index contributed by atoms with van der Waals surface area (Å²) in [6.07, 6.45) is 0.445. The van der Waals surface area contributed by atoms with Crippen molar-refractivity contribution in [1.82, 2.24) is 0 Å². The van der Waals surface area contributed by atoms with E-state index in [-0.39, 0.29) is 19.5 Å². The first-order valence-corrected chi connectivity index (χ1v) is 7.91. The summed E-state index contributed by atoms with van der Waals surface area (Å²) in [7, 11) is 0. The molecule has 1 aliphatic rings. The zero-order chi connectivity index (χ0) is 16.8. The van der Waals surface area contributed by atoms with Crippen LogP contribution in [0, 0.1) is 0 Å². The lowest BCUT2D eigenvalue weighted by atomic mass is 9.86. The molecule has 2 aromatic carbocycles. The van der Waals surface area contributed by atoms with E-state index in [1.54, 1.807) is 48.5 Å². The summed E-state index contributed by atoms with van der Waals surface area (Å²) in [6.45, 7) is 0.859. The number of rotatable bonds is 5. The second-order valence-electron chi connectivity index (χ2n) is 5.64. The van der Waals surface area contributed by atoms with E-state index < -0.39 is 11.6 Å². The zero-order valence-electron chi connectivity index (χ0n) is 13.3. The SMILES string of the molecule is O=C(OCC1CCOCO1)C(O)(c1ccccc1)c1ccccc1. The van der Waals surface area contributed by atoms with Crippen molar-refractivity contribution in [3.05, 3.63) is 71.8 Å². The van der Waals surface area contributed by atoms with Gasteiger partial charge in [-0.25, -0.2) is 4.79 Å². The number of esters is 1. The molecule has 1 atom stereocenters. The van der Waals surface area contributed by atoms with E-state index in [0.717, 1.165) is 0 Å². The maximum Gasteiger partial charge on any atom is 0.347 e. The molecule has 0 aromatic heterocycles. The summed E-state index contributed by atoms with van der Waals surface area (Å²) in [6, 6.07) is 17.6. The number of hydrogen-bond donors (Lipinski definition) is 1. The molecule has 0 spiro atoms. The van der Waals surface area contributed by atoms with Crippen LogP contribution in [0.25, 0.3) is 0 Å². The Morgan fingerprint density at radius 3 is 2.17 bits per heavy atom. The number of benzene rings is 2. The highest BCUT2D eigenvalue weighted by molar-refractivity contribution is 5.85. The molecule has 0 bridgehead atoms. The van der Waals surface area contributed by atoms with Crippen molar-refractivity contribution < 1.29 is 24.1 Å². The quantitative estimate of drug-likeness (QED) is 0.853. The minimum Gasteiger partial charge on any atom is -0.460 e. The van der Waals surface area contributed by atoms with Crippen LogP contribution in [0.15, 0.2) is 60.7 Å². The van der Waals surface area contributed by atoms with Crippen LogP contribution < -0.4 is 0 Å². The molecule has 2 aromatic rings. The van der Waals surface area contributed by atoms with Gasteiger partial charge in [0.15, 0.2) is 0 Å².